The van der Waals surface area contributed by atoms with E-state index in [1.807, 2.05) is 49.4 Å². The Labute approximate surface area is 154 Å². The summed E-state index contributed by atoms with van der Waals surface area (Å²) in [7, 11) is -3.74. The van der Waals surface area contributed by atoms with Crippen molar-refractivity contribution in [1.29, 1.82) is 0 Å². The molecule has 26 heavy (non-hydrogen) atoms. The monoisotopic (exact) mass is 367 g/mol. The van der Waals surface area contributed by atoms with Crippen LogP contribution in [0.15, 0.2) is 65.7 Å². The van der Waals surface area contributed by atoms with Gasteiger partial charge in [0.1, 0.15) is 0 Å². The highest BCUT2D eigenvalue weighted by Crippen LogP contribution is 2.28. The molecule has 1 heterocycles. The van der Waals surface area contributed by atoms with Gasteiger partial charge in [-0.15, -0.1) is 0 Å². The van der Waals surface area contributed by atoms with E-state index in [9.17, 15) is 8.42 Å². The predicted octanol–water partition coefficient (Wildman–Crippen LogP) is 4.55. The number of benzene rings is 2. The lowest BCUT2D eigenvalue weighted by atomic mass is 10.1. The van der Waals surface area contributed by atoms with Gasteiger partial charge in [-0.1, -0.05) is 35.9 Å². The Balaban J connectivity index is 1.97. The smallest absolute Gasteiger partial charge is 0.262 e. The van der Waals surface area contributed by atoms with Crippen LogP contribution in [-0.2, 0) is 10.0 Å². The molecule has 0 aliphatic rings. The van der Waals surface area contributed by atoms with Gasteiger partial charge >= 0.3 is 0 Å². The van der Waals surface area contributed by atoms with Crippen LogP contribution in [0.25, 0.3) is 0 Å². The van der Waals surface area contributed by atoms with Crippen LogP contribution in [0.4, 0.5) is 17.2 Å². The van der Waals surface area contributed by atoms with E-state index in [1.165, 1.54) is 0 Å². The van der Waals surface area contributed by atoms with Crippen molar-refractivity contribution in [3.05, 3.63) is 77.5 Å². The molecule has 0 spiro atoms. The molecule has 0 atom stereocenters. The van der Waals surface area contributed by atoms with Crippen LogP contribution in [0.3, 0.4) is 0 Å². The van der Waals surface area contributed by atoms with E-state index < -0.39 is 10.0 Å². The summed E-state index contributed by atoms with van der Waals surface area (Å²) in [5, 5.41) is 3.15. The molecule has 1 aromatic heterocycles. The van der Waals surface area contributed by atoms with E-state index >= 15 is 0 Å². The number of sulfonamides is 1. The maximum Gasteiger partial charge on any atom is 0.262 e. The first-order valence-corrected chi connectivity index (χ1v) is 9.73. The van der Waals surface area contributed by atoms with Gasteiger partial charge in [0.25, 0.3) is 10.0 Å². The minimum atomic E-state index is -3.74. The molecular weight excluding hydrogens is 346 g/mol. The van der Waals surface area contributed by atoms with Crippen molar-refractivity contribution in [1.82, 2.24) is 4.98 Å². The number of hydrogen-bond donors (Lipinski definition) is 2. The Morgan fingerprint density at radius 2 is 1.54 bits per heavy atom. The first kappa shape index (κ1) is 17.9. The van der Waals surface area contributed by atoms with Crippen LogP contribution in [0.1, 0.15) is 16.7 Å². The summed E-state index contributed by atoms with van der Waals surface area (Å²) >= 11 is 0. The zero-order chi connectivity index (χ0) is 18.7. The summed E-state index contributed by atoms with van der Waals surface area (Å²) in [6.45, 7) is 5.56. The fourth-order valence-corrected chi connectivity index (χ4v) is 4.55. The third kappa shape index (κ3) is 3.86. The summed E-state index contributed by atoms with van der Waals surface area (Å²) in [5.74, 6) is 0.449. The summed E-state index contributed by atoms with van der Waals surface area (Å²) in [6.07, 6.45) is 1.62. The van der Waals surface area contributed by atoms with E-state index in [-0.39, 0.29) is 0 Å². The zero-order valence-electron chi connectivity index (χ0n) is 14.9. The Morgan fingerprint density at radius 3 is 2.19 bits per heavy atom. The maximum absolute atomic E-state index is 13.0. The average molecular weight is 367 g/mol. The third-order valence-electron chi connectivity index (χ3n) is 3.96. The largest absolute Gasteiger partial charge is 0.338 e. The second-order valence-electron chi connectivity index (χ2n) is 6.22. The molecule has 0 aliphatic carbocycles. The highest BCUT2D eigenvalue weighted by Gasteiger charge is 2.21. The minimum absolute atomic E-state index is 0.303. The first-order chi connectivity index (χ1) is 12.4. The maximum atomic E-state index is 13.0. The molecule has 134 valence electrons. The molecule has 2 N–H and O–H groups in total. The van der Waals surface area contributed by atoms with Crippen LogP contribution >= 0.6 is 0 Å². The molecule has 3 aromatic rings. The van der Waals surface area contributed by atoms with Crippen LogP contribution in [-0.4, -0.2) is 13.4 Å². The van der Waals surface area contributed by atoms with Crippen molar-refractivity contribution in [2.75, 3.05) is 10.0 Å². The topological polar surface area (TPSA) is 71.1 Å². The fraction of sp³-hybridized carbons (Fsp3) is 0.150. The number of aryl methyl sites for hydroxylation is 3. The number of hydrogen-bond acceptors (Lipinski definition) is 4. The second-order valence-corrected chi connectivity index (χ2v) is 7.84. The molecule has 6 heteroatoms. The molecule has 2 aromatic carbocycles. The molecule has 0 saturated heterocycles. The molecule has 3 rings (SSSR count). The number of nitrogens with one attached hydrogen (secondary N) is 2. The molecule has 5 nitrogen and oxygen atoms in total. The normalized spacial score (nSPS) is 11.2. The van der Waals surface area contributed by atoms with Gasteiger partial charge in [-0.25, -0.2) is 13.4 Å². The average Bonchev–Trinajstić information content (AvgIpc) is 2.56. The van der Waals surface area contributed by atoms with Crippen molar-refractivity contribution in [3.63, 3.8) is 0 Å². The molecule has 0 fully saturated rings. The van der Waals surface area contributed by atoms with E-state index in [0.29, 0.717) is 16.4 Å². The van der Waals surface area contributed by atoms with Crippen LogP contribution < -0.4 is 10.0 Å². The second kappa shape index (κ2) is 7.17. The van der Waals surface area contributed by atoms with Crippen molar-refractivity contribution in [2.24, 2.45) is 0 Å². The van der Waals surface area contributed by atoms with Gasteiger partial charge in [0.05, 0.1) is 10.6 Å². The molecular formula is C20H21N3O2S. The van der Waals surface area contributed by atoms with Crippen LogP contribution in [0.2, 0.25) is 0 Å². The Kier molecular flexibility index (Phi) is 4.95. The number of anilines is 3. The number of aromatic nitrogens is 1. The van der Waals surface area contributed by atoms with Gasteiger partial charge in [0.2, 0.25) is 0 Å². The van der Waals surface area contributed by atoms with Gasteiger partial charge in [-0.3, -0.25) is 4.72 Å². The SMILES string of the molecule is Cc1cc(C)c(S(=O)(=O)Nc2cccnc2Nc2ccccc2)c(C)c1. The molecule has 0 amide bonds. The number of rotatable bonds is 5. The van der Waals surface area contributed by atoms with Crippen molar-refractivity contribution >= 4 is 27.2 Å². The van der Waals surface area contributed by atoms with Crippen molar-refractivity contribution < 1.29 is 8.42 Å². The van der Waals surface area contributed by atoms with Gasteiger partial charge < -0.3 is 5.32 Å². The highest BCUT2D eigenvalue weighted by molar-refractivity contribution is 7.92. The van der Waals surface area contributed by atoms with E-state index in [0.717, 1.165) is 22.4 Å². The van der Waals surface area contributed by atoms with E-state index in [4.69, 9.17) is 0 Å². The fourth-order valence-electron chi connectivity index (χ4n) is 3.03. The number of nitrogens with zero attached hydrogens (tertiary/aromatic N) is 1. The lowest BCUT2D eigenvalue weighted by Crippen LogP contribution is -2.17. The molecule has 0 aliphatic heterocycles. The number of para-hydroxylation sites is 1. The highest BCUT2D eigenvalue weighted by atomic mass is 32.2. The summed E-state index contributed by atoms with van der Waals surface area (Å²) < 4.78 is 28.7. The van der Waals surface area contributed by atoms with E-state index in [2.05, 4.69) is 15.0 Å². The quantitative estimate of drug-likeness (QED) is 0.694. The summed E-state index contributed by atoms with van der Waals surface area (Å²) in [6, 6.07) is 16.6. The van der Waals surface area contributed by atoms with Crippen LogP contribution in [0, 0.1) is 20.8 Å². The standard InChI is InChI=1S/C20H21N3O2S/c1-14-12-15(2)19(16(3)13-14)26(24,25)23-18-10-7-11-21-20(18)22-17-8-5-4-6-9-17/h4-13,23H,1-3H3,(H,21,22). The predicted molar refractivity (Wildman–Crippen MR) is 105 cm³/mol. The van der Waals surface area contributed by atoms with Crippen molar-refractivity contribution in [2.45, 2.75) is 25.7 Å². The third-order valence-corrected chi connectivity index (χ3v) is 5.63. The van der Waals surface area contributed by atoms with Gasteiger partial charge in [-0.05, 0) is 56.2 Å². The summed E-state index contributed by atoms with van der Waals surface area (Å²) in [5.41, 5.74) is 3.70. The van der Waals surface area contributed by atoms with Crippen LogP contribution in [0.5, 0.6) is 0 Å². The Bertz CT molecular complexity index is 1010. The Morgan fingerprint density at radius 1 is 0.885 bits per heavy atom. The first-order valence-electron chi connectivity index (χ1n) is 8.24. The minimum Gasteiger partial charge on any atom is -0.338 e. The lowest BCUT2D eigenvalue weighted by molar-refractivity contribution is 0.600. The van der Waals surface area contributed by atoms with Gasteiger partial charge in [-0.2, -0.15) is 0 Å². The summed E-state index contributed by atoms with van der Waals surface area (Å²) in [4.78, 5) is 4.58. The van der Waals surface area contributed by atoms with Crippen molar-refractivity contribution in [3.8, 4) is 0 Å². The van der Waals surface area contributed by atoms with E-state index in [1.54, 1.807) is 32.2 Å². The zero-order valence-corrected chi connectivity index (χ0v) is 15.8. The molecule has 0 unspecified atom stereocenters. The molecule has 0 radical (unpaired) electrons. The molecule has 0 saturated carbocycles. The van der Waals surface area contributed by atoms with Gasteiger partial charge in [0, 0.05) is 11.9 Å². The lowest BCUT2D eigenvalue weighted by Gasteiger charge is -2.16. The Hall–Kier alpha value is -2.86. The molecule has 0 bridgehead atoms. The number of pyridine rings is 1. The van der Waals surface area contributed by atoms with Gasteiger partial charge in [0.15, 0.2) is 5.82 Å².